The smallest absolute Gasteiger partial charge is 0.310 e. The first kappa shape index (κ1) is 67.3. The maximum absolute atomic E-state index is 15.6. The SMILES string of the molecule is CCCCC(C)(C)C(C(=O)OC(C)C)C(C(=O)OC(C)C)C(CC)(CCCC)C(CC)(CCCC(C)C)CC(C(=O)OCCCCCCOc1ccc(-c2ccc(C#N)cc2)cc1)C(C)(C)CCCC(CC)CCC. The zero-order valence-electron chi connectivity index (χ0n) is 50.9. The maximum Gasteiger partial charge on any atom is 0.310 e. The minimum Gasteiger partial charge on any atom is -0.494 e. The zero-order valence-corrected chi connectivity index (χ0v) is 50.9. The highest BCUT2D eigenvalue weighted by Crippen LogP contribution is 2.64. The van der Waals surface area contributed by atoms with E-state index in [1.165, 1.54) is 12.8 Å². The molecule has 0 heterocycles. The number of nitriles is 1. The van der Waals surface area contributed by atoms with Gasteiger partial charge < -0.3 is 18.9 Å². The van der Waals surface area contributed by atoms with Gasteiger partial charge in [0.25, 0.3) is 0 Å². The summed E-state index contributed by atoms with van der Waals surface area (Å²) in [5, 5.41) is 9.16. The number of ether oxygens (including phenoxy) is 4. The molecule has 0 N–H and O–H groups in total. The Morgan fingerprint density at radius 1 is 0.547 bits per heavy atom. The van der Waals surface area contributed by atoms with Crippen LogP contribution in [0, 0.1) is 62.6 Å². The Balaban J connectivity index is 2.68. The second-order valence-corrected chi connectivity index (χ2v) is 24.9. The van der Waals surface area contributed by atoms with Crippen molar-refractivity contribution in [1.82, 2.24) is 0 Å². The van der Waals surface area contributed by atoms with Gasteiger partial charge in [-0.1, -0.05) is 178 Å². The Bertz CT molecular complexity index is 1940. The van der Waals surface area contributed by atoms with E-state index in [0.717, 1.165) is 132 Å². The summed E-state index contributed by atoms with van der Waals surface area (Å²) < 4.78 is 25.3. The van der Waals surface area contributed by atoms with E-state index in [9.17, 15) is 0 Å². The van der Waals surface area contributed by atoms with Gasteiger partial charge >= 0.3 is 17.9 Å². The molecule has 6 atom stereocenters. The largest absolute Gasteiger partial charge is 0.494 e. The van der Waals surface area contributed by atoms with Gasteiger partial charge in [0, 0.05) is 0 Å². The average Bonchev–Trinajstić information content (AvgIpc) is 3.36. The van der Waals surface area contributed by atoms with Crippen LogP contribution >= 0.6 is 0 Å². The molecule has 8 nitrogen and oxygen atoms in total. The molecule has 6 unspecified atom stereocenters. The molecule has 0 aliphatic rings. The van der Waals surface area contributed by atoms with Crippen molar-refractivity contribution in [1.29, 1.82) is 5.26 Å². The number of hydrogen-bond donors (Lipinski definition) is 0. The molecule has 75 heavy (non-hydrogen) atoms. The van der Waals surface area contributed by atoms with E-state index in [4.69, 9.17) is 24.2 Å². The molecular weight excluding hydrogens is 931 g/mol. The summed E-state index contributed by atoms with van der Waals surface area (Å²) in [6.07, 6.45) is 19.5. The monoisotopic (exact) mass is 1040 g/mol. The van der Waals surface area contributed by atoms with Gasteiger partial charge in [0.15, 0.2) is 0 Å². The number of rotatable bonds is 40. The highest BCUT2D eigenvalue weighted by Gasteiger charge is 2.63. The average molecular weight is 1040 g/mol. The fraction of sp³-hybridized carbons (Fsp3) is 0.761. The molecule has 0 aliphatic heterocycles. The van der Waals surface area contributed by atoms with E-state index >= 15 is 14.4 Å². The predicted molar refractivity (Wildman–Crippen MR) is 312 cm³/mol. The first-order valence-corrected chi connectivity index (χ1v) is 30.4. The second kappa shape index (κ2) is 34.1. The van der Waals surface area contributed by atoms with Crippen molar-refractivity contribution in [3.8, 4) is 22.9 Å². The van der Waals surface area contributed by atoms with Crippen molar-refractivity contribution < 1.29 is 33.3 Å². The third kappa shape index (κ3) is 21.1. The van der Waals surface area contributed by atoms with Crippen LogP contribution in [0.5, 0.6) is 5.75 Å². The van der Waals surface area contributed by atoms with Crippen LogP contribution < -0.4 is 4.74 Å². The van der Waals surface area contributed by atoms with E-state index in [0.29, 0.717) is 43.5 Å². The van der Waals surface area contributed by atoms with Crippen LogP contribution in [0.25, 0.3) is 11.1 Å². The quantitative estimate of drug-likeness (QED) is 0.0369. The Labute approximate surface area is 460 Å². The Morgan fingerprint density at radius 2 is 1.08 bits per heavy atom. The molecule has 0 bridgehead atoms. The number of hydrogen-bond acceptors (Lipinski definition) is 8. The van der Waals surface area contributed by atoms with Crippen LogP contribution in [-0.2, 0) is 28.6 Å². The summed E-state index contributed by atoms with van der Waals surface area (Å²) in [5.41, 5.74) is 0.575. The second-order valence-electron chi connectivity index (χ2n) is 24.9. The molecule has 0 aromatic heterocycles. The van der Waals surface area contributed by atoms with Gasteiger partial charge in [-0.3, -0.25) is 14.4 Å². The normalized spacial score (nSPS) is 15.4. The molecule has 0 spiro atoms. The summed E-state index contributed by atoms with van der Waals surface area (Å²) in [5.74, 6) is -0.726. The summed E-state index contributed by atoms with van der Waals surface area (Å²) in [6, 6.07) is 17.9. The lowest BCUT2D eigenvalue weighted by Crippen LogP contribution is -2.58. The molecule has 0 saturated carbocycles. The third-order valence-corrected chi connectivity index (χ3v) is 17.2. The number of nitrogens with zero attached hydrogens (tertiary/aromatic N) is 1. The summed E-state index contributed by atoms with van der Waals surface area (Å²) in [4.78, 5) is 46.1. The molecular formula is C67H111NO7. The molecule has 0 saturated heterocycles. The molecule has 2 rings (SSSR count). The highest BCUT2D eigenvalue weighted by molar-refractivity contribution is 5.84. The Kier molecular flexibility index (Phi) is 30.6. The number of carbonyl (C=O) groups is 3. The van der Waals surface area contributed by atoms with Crippen molar-refractivity contribution in [2.75, 3.05) is 13.2 Å². The zero-order chi connectivity index (χ0) is 56.2. The third-order valence-electron chi connectivity index (χ3n) is 17.2. The van der Waals surface area contributed by atoms with Crippen LogP contribution in [-0.4, -0.2) is 43.3 Å². The minimum absolute atomic E-state index is 0.129. The lowest BCUT2D eigenvalue weighted by atomic mass is 9.44. The van der Waals surface area contributed by atoms with Gasteiger partial charge in [-0.15, -0.1) is 0 Å². The number of benzene rings is 2. The fourth-order valence-corrected chi connectivity index (χ4v) is 12.6. The summed E-state index contributed by atoms with van der Waals surface area (Å²) in [7, 11) is 0. The van der Waals surface area contributed by atoms with E-state index < -0.39 is 39.4 Å². The summed E-state index contributed by atoms with van der Waals surface area (Å²) >= 11 is 0. The first-order chi connectivity index (χ1) is 35.6. The molecule has 8 heteroatoms. The number of esters is 3. The van der Waals surface area contributed by atoms with Crippen molar-refractivity contribution in [3.63, 3.8) is 0 Å². The van der Waals surface area contributed by atoms with Gasteiger partial charge in [0.1, 0.15) is 5.75 Å². The highest BCUT2D eigenvalue weighted by atomic mass is 16.6. The van der Waals surface area contributed by atoms with Crippen LogP contribution in [0.4, 0.5) is 0 Å². The van der Waals surface area contributed by atoms with Crippen LogP contribution in [0.15, 0.2) is 48.5 Å². The molecule has 0 amide bonds. The van der Waals surface area contributed by atoms with E-state index in [2.05, 4.69) is 89.2 Å². The van der Waals surface area contributed by atoms with Gasteiger partial charge in [0.05, 0.1) is 54.8 Å². The van der Waals surface area contributed by atoms with E-state index in [1.807, 2.05) is 76.2 Å². The lowest BCUT2D eigenvalue weighted by Gasteiger charge is -2.59. The molecule has 0 radical (unpaired) electrons. The van der Waals surface area contributed by atoms with Gasteiger partial charge in [-0.2, -0.15) is 5.26 Å². The molecule has 2 aromatic carbocycles. The van der Waals surface area contributed by atoms with Crippen molar-refractivity contribution >= 4 is 17.9 Å². The van der Waals surface area contributed by atoms with Crippen LogP contribution in [0.2, 0.25) is 0 Å². The number of carbonyl (C=O) groups excluding carboxylic acids is 3. The lowest BCUT2D eigenvalue weighted by molar-refractivity contribution is -0.192. The van der Waals surface area contributed by atoms with Crippen molar-refractivity contribution in [2.45, 2.75) is 264 Å². The summed E-state index contributed by atoms with van der Waals surface area (Å²) in [6.45, 7) is 35.7. The maximum atomic E-state index is 15.6. The van der Waals surface area contributed by atoms with Crippen molar-refractivity contribution in [2.24, 2.45) is 51.2 Å². The minimum atomic E-state index is -0.787. The molecule has 0 aliphatic carbocycles. The van der Waals surface area contributed by atoms with E-state index in [1.54, 1.807) is 0 Å². The van der Waals surface area contributed by atoms with Crippen LogP contribution in [0.1, 0.15) is 258 Å². The van der Waals surface area contributed by atoms with Gasteiger partial charge in [-0.25, -0.2) is 0 Å². The fourth-order valence-electron chi connectivity index (χ4n) is 12.6. The number of unbranched alkanes of at least 4 members (excludes halogenated alkanes) is 5. The first-order valence-electron chi connectivity index (χ1n) is 30.4. The Morgan fingerprint density at radius 3 is 1.59 bits per heavy atom. The standard InChI is InChI=1S/C67H111NO7/c1-17-23-42-65(15,16)59(62(70)74-51(9)10)60(63(71)75-52(11)12)67(22-6,45-24-18-2)66(21-5,44-29-32-50(7)8)48-58(64(13,14)43-30-33-53(20-4)31-19-3)61(69)73-47-28-26-25-27-46-72-57-40-38-56(39-41-57)55-36-34-54(49-68)35-37-55/h34-41,50-53,58-60H,17-33,42-48H2,1-16H3. The molecule has 0 fully saturated rings. The molecule has 426 valence electrons. The van der Waals surface area contributed by atoms with Gasteiger partial charge in [0.2, 0.25) is 0 Å². The predicted octanol–water partition coefficient (Wildman–Crippen LogP) is 18.9. The van der Waals surface area contributed by atoms with Crippen molar-refractivity contribution in [3.05, 3.63) is 54.1 Å². The van der Waals surface area contributed by atoms with Gasteiger partial charge in [-0.05, 0) is 167 Å². The Hall–Kier alpha value is -3.86. The van der Waals surface area contributed by atoms with E-state index in [-0.39, 0.29) is 30.1 Å². The van der Waals surface area contributed by atoms with Crippen LogP contribution in [0.3, 0.4) is 0 Å². The topological polar surface area (TPSA) is 112 Å². The molecule has 2 aromatic rings.